The van der Waals surface area contributed by atoms with E-state index in [1.54, 1.807) is 0 Å². The molecule has 0 spiro atoms. The fraction of sp³-hybridized carbons (Fsp3) is 0.200. The summed E-state index contributed by atoms with van der Waals surface area (Å²) in [5.41, 5.74) is 10.4. The highest BCUT2D eigenvalue weighted by molar-refractivity contribution is 14.0. The summed E-state index contributed by atoms with van der Waals surface area (Å²) < 4.78 is 1.87. The Bertz CT molecular complexity index is 842. The Hall–Kier alpha value is -2.35. The molecule has 1 aromatic heterocycles. The van der Waals surface area contributed by atoms with Crippen molar-refractivity contribution >= 4 is 35.6 Å². The molecule has 2 aromatic carbocycles. The number of nitrogens with zero attached hydrogens (tertiary/aromatic N) is 3. The Morgan fingerprint density at radius 3 is 2.69 bits per heavy atom. The lowest BCUT2D eigenvalue weighted by atomic mass is 10.1. The summed E-state index contributed by atoms with van der Waals surface area (Å²) in [5, 5.41) is 7.53. The molecular formula is C20H24IN5. The Labute approximate surface area is 171 Å². The molecule has 6 heteroatoms. The number of guanidine groups is 1. The Balaban J connectivity index is 0.00000243. The monoisotopic (exact) mass is 461 g/mol. The molecule has 26 heavy (non-hydrogen) atoms. The summed E-state index contributed by atoms with van der Waals surface area (Å²) in [6.45, 7) is 2.75. The van der Waals surface area contributed by atoms with Crippen molar-refractivity contribution in [3.8, 4) is 5.69 Å². The lowest BCUT2D eigenvalue weighted by Gasteiger charge is -2.07. The molecule has 0 fully saturated rings. The van der Waals surface area contributed by atoms with Crippen LogP contribution in [0.1, 0.15) is 18.1 Å². The predicted molar refractivity (Wildman–Crippen MR) is 119 cm³/mol. The van der Waals surface area contributed by atoms with Gasteiger partial charge in [-0.15, -0.1) is 24.0 Å². The van der Waals surface area contributed by atoms with Crippen LogP contribution in [0.4, 0.5) is 5.69 Å². The molecule has 0 aliphatic carbocycles. The maximum Gasteiger partial charge on any atom is 0.193 e. The summed E-state index contributed by atoms with van der Waals surface area (Å²) in [6, 6.07) is 18.3. The Kier molecular flexibility index (Phi) is 7.65. The number of para-hydroxylation sites is 1. The highest BCUT2D eigenvalue weighted by Crippen LogP contribution is 2.11. The fourth-order valence-electron chi connectivity index (χ4n) is 2.57. The number of rotatable bonds is 6. The maximum absolute atomic E-state index is 5.98. The average Bonchev–Trinajstić information content (AvgIpc) is 3.11. The first-order valence-corrected chi connectivity index (χ1v) is 8.49. The number of hydrogen-bond acceptors (Lipinski definition) is 2. The van der Waals surface area contributed by atoms with Gasteiger partial charge in [0.25, 0.3) is 0 Å². The van der Waals surface area contributed by atoms with Crippen LogP contribution >= 0.6 is 24.0 Å². The van der Waals surface area contributed by atoms with Gasteiger partial charge in [-0.25, -0.2) is 4.68 Å². The van der Waals surface area contributed by atoms with Gasteiger partial charge in [0.1, 0.15) is 0 Å². The molecule has 0 saturated heterocycles. The molecule has 0 radical (unpaired) electrons. The molecule has 0 amide bonds. The molecule has 0 saturated carbocycles. The molecule has 1 heterocycles. The molecule has 3 N–H and O–H groups in total. The third kappa shape index (κ3) is 5.59. The second-order valence-corrected chi connectivity index (χ2v) is 5.82. The fourth-order valence-corrected chi connectivity index (χ4v) is 2.57. The SMILES string of the molecule is CCc1cccc(NC(N)=NCCc2cnn(-c3ccccc3)c2)c1.I. The first-order chi connectivity index (χ1) is 12.2. The number of aryl methyl sites for hydroxylation is 1. The number of anilines is 1. The van der Waals surface area contributed by atoms with Crippen LogP contribution in [0.3, 0.4) is 0 Å². The smallest absolute Gasteiger partial charge is 0.193 e. The number of aromatic nitrogens is 2. The number of benzene rings is 2. The van der Waals surface area contributed by atoms with Gasteiger partial charge < -0.3 is 11.1 Å². The van der Waals surface area contributed by atoms with E-state index in [0.29, 0.717) is 12.5 Å². The van der Waals surface area contributed by atoms with E-state index in [1.807, 2.05) is 59.5 Å². The van der Waals surface area contributed by atoms with Crippen LogP contribution in [0.5, 0.6) is 0 Å². The predicted octanol–water partition coefficient (Wildman–Crippen LogP) is 4.02. The normalized spacial score (nSPS) is 11.0. The summed E-state index contributed by atoms with van der Waals surface area (Å²) in [4.78, 5) is 4.40. The van der Waals surface area contributed by atoms with Gasteiger partial charge in [-0.05, 0) is 48.2 Å². The van der Waals surface area contributed by atoms with E-state index in [0.717, 1.165) is 29.8 Å². The van der Waals surface area contributed by atoms with Gasteiger partial charge in [0, 0.05) is 18.4 Å². The summed E-state index contributed by atoms with van der Waals surface area (Å²) in [6.07, 6.45) is 5.69. The molecule has 136 valence electrons. The van der Waals surface area contributed by atoms with Gasteiger partial charge in [-0.1, -0.05) is 37.3 Å². The molecule has 0 unspecified atom stereocenters. The molecule has 5 nitrogen and oxygen atoms in total. The quantitative estimate of drug-likeness (QED) is 0.331. The van der Waals surface area contributed by atoms with Gasteiger partial charge in [-0.2, -0.15) is 5.10 Å². The number of nitrogens with two attached hydrogens (primary N) is 1. The lowest BCUT2D eigenvalue weighted by molar-refractivity contribution is 0.879. The maximum atomic E-state index is 5.98. The molecule has 0 aliphatic rings. The van der Waals surface area contributed by atoms with Crippen LogP contribution in [-0.2, 0) is 12.8 Å². The van der Waals surface area contributed by atoms with Crippen molar-refractivity contribution in [1.29, 1.82) is 0 Å². The van der Waals surface area contributed by atoms with Crippen molar-refractivity contribution < 1.29 is 0 Å². The van der Waals surface area contributed by atoms with Crippen molar-refractivity contribution in [3.63, 3.8) is 0 Å². The zero-order valence-electron chi connectivity index (χ0n) is 14.8. The van der Waals surface area contributed by atoms with Crippen molar-refractivity contribution in [2.75, 3.05) is 11.9 Å². The van der Waals surface area contributed by atoms with Crippen molar-refractivity contribution in [1.82, 2.24) is 9.78 Å². The van der Waals surface area contributed by atoms with Crippen LogP contribution in [0.2, 0.25) is 0 Å². The molecular weight excluding hydrogens is 437 g/mol. The zero-order valence-corrected chi connectivity index (χ0v) is 17.1. The number of halogens is 1. The molecule has 3 aromatic rings. The Morgan fingerprint density at radius 1 is 1.12 bits per heavy atom. The van der Waals surface area contributed by atoms with Crippen molar-refractivity contribution in [3.05, 3.63) is 78.1 Å². The van der Waals surface area contributed by atoms with E-state index in [9.17, 15) is 0 Å². The van der Waals surface area contributed by atoms with E-state index >= 15 is 0 Å². The van der Waals surface area contributed by atoms with E-state index in [1.165, 1.54) is 5.56 Å². The molecule has 3 rings (SSSR count). The minimum absolute atomic E-state index is 0. The standard InChI is InChI=1S/C20H23N5.HI/c1-2-16-7-6-8-18(13-16)24-20(21)22-12-11-17-14-23-25(15-17)19-9-4-3-5-10-19;/h3-10,13-15H,2,11-12H2,1H3,(H3,21,22,24);1H. The summed E-state index contributed by atoms with van der Waals surface area (Å²) >= 11 is 0. The van der Waals surface area contributed by atoms with Crippen molar-refractivity contribution in [2.24, 2.45) is 10.7 Å². The molecule has 0 aliphatic heterocycles. The highest BCUT2D eigenvalue weighted by atomic mass is 127. The van der Waals surface area contributed by atoms with Gasteiger partial charge in [0.05, 0.1) is 11.9 Å². The number of hydrogen-bond donors (Lipinski definition) is 2. The lowest BCUT2D eigenvalue weighted by Crippen LogP contribution is -2.23. The van der Waals surface area contributed by atoms with Gasteiger partial charge in [-0.3, -0.25) is 4.99 Å². The second kappa shape index (κ2) is 9.96. The highest BCUT2D eigenvalue weighted by Gasteiger charge is 2.01. The zero-order chi connectivity index (χ0) is 17.5. The van der Waals surface area contributed by atoms with Crippen LogP contribution in [0.25, 0.3) is 5.69 Å². The first-order valence-electron chi connectivity index (χ1n) is 8.49. The summed E-state index contributed by atoms with van der Waals surface area (Å²) in [7, 11) is 0. The van der Waals surface area contributed by atoms with E-state index < -0.39 is 0 Å². The molecule has 0 atom stereocenters. The van der Waals surface area contributed by atoms with Crippen LogP contribution in [0.15, 0.2) is 72.0 Å². The van der Waals surface area contributed by atoms with Crippen LogP contribution < -0.4 is 11.1 Å². The van der Waals surface area contributed by atoms with E-state index in [2.05, 4.69) is 34.5 Å². The average molecular weight is 461 g/mol. The van der Waals surface area contributed by atoms with E-state index in [4.69, 9.17) is 5.73 Å². The Morgan fingerprint density at radius 2 is 1.92 bits per heavy atom. The van der Waals surface area contributed by atoms with E-state index in [-0.39, 0.29) is 24.0 Å². The summed E-state index contributed by atoms with van der Waals surface area (Å²) in [5.74, 6) is 0.434. The van der Waals surface area contributed by atoms with Crippen LogP contribution in [-0.4, -0.2) is 22.3 Å². The second-order valence-electron chi connectivity index (χ2n) is 5.82. The number of aliphatic imine (C=N–C) groups is 1. The van der Waals surface area contributed by atoms with Gasteiger partial charge in [0.15, 0.2) is 5.96 Å². The number of nitrogens with one attached hydrogen (secondary N) is 1. The third-order valence-corrected chi connectivity index (χ3v) is 3.95. The topological polar surface area (TPSA) is 68.2 Å². The first kappa shape index (κ1) is 20.0. The minimum atomic E-state index is 0. The van der Waals surface area contributed by atoms with Crippen LogP contribution in [0, 0.1) is 0 Å². The molecule has 0 bridgehead atoms. The van der Waals surface area contributed by atoms with Gasteiger partial charge >= 0.3 is 0 Å². The van der Waals surface area contributed by atoms with Gasteiger partial charge in [0.2, 0.25) is 0 Å². The minimum Gasteiger partial charge on any atom is -0.370 e. The largest absolute Gasteiger partial charge is 0.370 e. The third-order valence-electron chi connectivity index (χ3n) is 3.95. The van der Waals surface area contributed by atoms with Crippen molar-refractivity contribution in [2.45, 2.75) is 19.8 Å².